The van der Waals surface area contributed by atoms with Gasteiger partial charge in [-0.3, -0.25) is 0 Å². The molecular weight excluding hydrogens is 206 g/mol. The van der Waals surface area contributed by atoms with Gasteiger partial charge in [-0.05, 0) is 54.3 Å². The van der Waals surface area contributed by atoms with Crippen molar-refractivity contribution in [2.75, 3.05) is 6.54 Å². The van der Waals surface area contributed by atoms with Crippen LogP contribution in [-0.4, -0.2) is 6.54 Å². The quantitative estimate of drug-likeness (QED) is 0.775. The van der Waals surface area contributed by atoms with E-state index in [0.717, 1.165) is 24.9 Å². The lowest BCUT2D eigenvalue weighted by atomic mass is 9.76. The van der Waals surface area contributed by atoms with Crippen LogP contribution in [0.3, 0.4) is 0 Å². The molecular formula is C16H23N. The van der Waals surface area contributed by atoms with Crippen LogP contribution in [0.5, 0.6) is 0 Å². The molecule has 1 N–H and O–H groups in total. The highest BCUT2D eigenvalue weighted by Crippen LogP contribution is 2.38. The fraction of sp³-hybridized carbons (Fsp3) is 0.625. The molecule has 1 aromatic carbocycles. The van der Waals surface area contributed by atoms with Gasteiger partial charge >= 0.3 is 0 Å². The Labute approximate surface area is 105 Å². The van der Waals surface area contributed by atoms with Crippen LogP contribution in [-0.2, 0) is 13.0 Å². The Balaban J connectivity index is 1.91. The summed E-state index contributed by atoms with van der Waals surface area (Å²) in [5.41, 5.74) is 4.87. The van der Waals surface area contributed by atoms with Crippen LogP contribution in [0.15, 0.2) is 18.2 Å². The molecule has 0 bridgehead atoms. The fourth-order valence-corrected chi connectivity index (χ4v) is 3.64. The Morgan fingerprint density at radius 1 is 1.24 bits per heavy atom. The van der Waals surface area contributed by atoms with Gasteiger partial charge in [-0.25, -0.2) is 0 Å². The Bertz CT molecular complexity index is 397. The van der Waals surface area contributed by atoms with Crippen molar-refractivity contribution < 1.29 is 0 Å². The van der Waals surface area contributed by atoms with Crippen molar-refractivity contribution in [1.82, 2.24) is 5.32 Å². The van der Waals surface area contributed by atoms with E-state index in [-0.39, 0.29) is 0 Å². The van der Waals surface area contributed by atoms with Gasteiger partial charge in [0.1, 0.15) is 0 Å². The molecule has 0 amide bonds. The summed E-state index contributed by atoms with van der Waals surface area (Å²) in [6.45, 7) is 4.66. The van der Waals surface area contributed by atoms with Crippen LogP contribution in [0, 0.1) is 5.92 Å². The van der Waals surface area contributed by atoms with Gasteiger partial charge in [0.05, 0.1) is 0 Å². The first-order valence-corrected chi connectivity index (χ1v) is 7.16. The minimum absolute atomic E-state index is 0.827. The fourth-order valence-electron chi connectivity index (χ4n) is 3.64. The third-order valence-corrected chi connectivity index (χ3v) is 4.56. The predicted molar refractivity (Wildman–Crippen MR) is 72.2 cm³/mol. The van der Waals surface area contributed by atoms with E-state index < -0.39 is 0 Å². The molecule has 0 saturated heterocycles. The first-order valence-electron chi connectivity index (χ1n) is 7.16. The summed E-state index contributed by atoms with van der Waals surface area (Å²) >= 11 is 0. The van der Waals surface area contributed by atoms with E-state index in [4.69, 9.17) is 0 Å². The first kappa shape index (κ1) is 11.3. The molecule has 0 radical (unpaired) electrons. The van der Waals surface area contributed by atoms with E-state index in [0.29, 0.717) is 0 Å². The maximum Gasteiger partial charge on any atom is 0.0211 e. The van der Waals surface area contributed by atoms with E-state index in [1.807, 2.05) is 0 Å². The molecule has 1 saturated carbocycles. The molecule has 1 aliphatic carbocycles. The highest BCUT2D eigenvalue weighted by atomic mass is 14.9. The Morgan fingerprint density at radius 2 is 2.18 bits per heavy atom. The molecule has 1 aliphatic heterocycles. The van der Waals surface area contributed by atoms with E-state index in [1.54, 1.807) is 16.7 Å². The van der Waals surface area contributed by atoms with Gasteiger partial charge < -0.3 is 5.32 Å². The van der Waals surface area contributed by atoms with E-state index in [2.05, 4.69) is 30.4 Å². The third kappa shape index (κ3) is 2.26. The monoisotopic (exact) mass is 229 g/mol. The van der Waals surface area contributed by atoms with E-state index in [9.17, 15) is 0 Å². The molecule has 1 heterocycles. The third-order valence-electron chi connectivity index (χ3n) is 4.56. The van der Waals surface area contributed by atoms with Crippen molar-refractivity contribution in [2.24, 2.45) is 5.92 Å². The number of hydrogen-bond acceptors (Lipinski definition) is 1. The van der Waals surface area contributed by atoms with Crippen molar-refractivity contribution in [3.63, 3.8) is 0 Å². The Kier molecular flexibility index (Phi) is 3.19. The molecule has 1 aromatic rings. The van der Waals surface area contributed by atoms with Gasteiger partial charge in [-0.2, -0.15) is 0 Å². The van der Waals surface area contributed by atoms with Gasteiger partial charge in [0.25, 0.3) is 0 Å². The molecule has 1 nitrogen and oxygen atoms in total. The van der Waals surface area contributed by atoms with Crippen molar-refractivity contribution in [3.05, 3.63) is 34.9 Å². The smallest absolute Gasteiger partial charge is 0.0211 e. The molecule has 2 aliphatic rings. The topological polar surface area (TPSA) is 12.0 Å². The summed E-state index contributed by atoms with van der Waals surface area (Å²) in [5.74, 6) is 1.75. The highest BCUT2D eigenvalue weighted by molar-refractivity contribution is 5.39. The molecule has 0 spiro atoms. The number of fused-ring (bicyclic) bond motifs is 1. The lowest BCUT2D eigenvalue weighted by Gasteiger charge is -2.30. The van der Waals surface area contributed by atoms with Gasteiger partial charge in [-0.15, -0.1) is 0 Å². The first-order chi connectivity index (χ1) is 8.34. The van der Waals surface area contributed by atoms with Crippen molar-refractivity contribution in [1.29, 1.82) is 0 Å². The second-order valence-corrected chi connectivity index (χ2v) is 5.88. The van der Waals surface area contributed by atoms with Crippen molar-refractivity contribution in [2.45, 2.75) is 51.5 Å². The normalized spacial score (nSPS) is 28.8. The summed E-state index contributed by atoms with van der Waals surface area (Å²) < 4.78 is 0. The number of benzene rings is 1. The lowest BCUT2D eigenvalue weighted by Crippen LogP contribution is -2.26. The zero-order valence-electron chi connectivity index (χ0n) is 10.8. The minimum atomic E-state index is 0.827. The standard InChI is InChI=1S/C16H23N/c1-12-4-2-6-14(10-12)15-7-3-5-13-8-9-17-11-16(13)15/h3,5,7,12,14,17H,2,4,6,8-11H2,1H3. The highest BCUT2D eigenvalue weighted by Gasteiger charge is 2.24. The van der Waals surface area contributed by atoms with E-state index in [1.165, 1.54) is 32.1 Å². The van der Waals surface area contributed by atoms with Crippen LogP contribution >= 0.6 is 0 Å². The summed E-state index contributed by atoms with van der Waals surface area (Å²) in [6.07, 6.45) is 6.87. The molecule has 2 atom stereocenters. The Morgan fingerprint density at radius 3 is 3.06 bits per heavy atom. The summed E-state index contributed by atoms with van der Waals surface area (Å²) in [5, 5.41) is 3.53. The molecule has 2 unspecified atom stereocenters. The molecule has 1 heteroatoms. The molecule has 0 aromatic heterocycles. The summed E-state index contributed by atoms with van der Waals surface area (Å²) in [6, 6.07) is 6.99. The second kappa shape index (κ2) is 4.81. The maximum atomic E-state index is 3.53. The zero-order valence-corrected chi connectivity index (χ0v) is 10.8. The van der Waals surface area contributed by atoms with Gasteiger partial charge in [0, 0.05) is 6.54 Å². The van der Waals surface area contributed by atoms with Crippen LogP contribution in [0.2, 0.25) is 0 Å². The van der Waals surface area contributed by atoms with Crippen LogP contribution < -0.4 is 5.32 Å². The maximum absolute atomic E-state index is 3.53. The summed E-state index contributed by atoms with van der Waals surface area (Å²) in [7, 11) is 0. The number of nitrogens with one attached hydrogen (secondary N) is 1. The SMILES string of the molecule is CC1CCCC(c2cccc3c2CNCC3)C1. The number of rotatable bonds is 1. The minimum Gasteiger partial charge on any atom is -0.312 e. The molecule has 1 fully saturated rings. The molecule has 3 rings (SSSR count). The number of hydrogen-bond donors (Lipinski definition) is 1. The zero-order chi connectivity index (χ0) is 11.7. The van der Waals surface area contributed by atoms with Crippen LogP contribution in [0.25, 0.3) is 0 Å². The largest absolute Gasteiger partial charge is 0.312 e. The molecule has 92 valence electrons. The van der Waals surface area contributed by atoms with Crippen LogP contribution in [0.4, 0.5) is 0 Å². The van der Waals surface area contributed by atoms with Gasteiger partial charge in [0.2, 0.25) is 0 Å². The predicted octanol–water partition coefficient (Wildman–Crippen LogP) is 3.63. The van der Waals surface area contributed by atoms with Gasteiger partial charge in [-0.1, -0.05) is 38.0 Å². The van der Waals surface area contributed by atoms with Crippen molar-refractivity contribution in [3.8, 4) is 0 Å². The Hall–Kier alpha value is -0.820. The second-order valence-electron chi connectivity index (χ2n) is 5.88. The molecule has 17 heavy (non-hydrogen) atoms. The van der Waals surface area contributed by atoms with Crippen molar-refractivity contribution >= 4 is 0 Å². The summed E-state index contributed by atoms with van der Waals surface area (Å²) in [4.78, 5) is 0. The van der Waals surface area contributed by atoms with Crippen LogP contribution in [0.1, 0.15) is 55.2 Å². The van der Waals surface area contributed by atoms with Gasteiger partial charge in [0.15, 0.2) is 0 Å². The average Bonchev–Trinajstić information content (AvgIpc) is 2.38. The average molecular weight is 229 g/mol. The van der Waals surface area contributed by atoms with E-state index >= 15 is 0 Å². The lowest BCUT2D eigenvalue weighted by molar-refractivity contribution is 0.342.